The smallest absolute Gasteiger partial charge is 0.378 e. The number of anilines is 2. The van der Waals surface area contributed by atoms with Crippen molar-refractivity contribution in [3.05, 3.63) is 35.5 Å². The molecule has 0 bridgehead atoms. The van der Waals surface area contributed by atoms with Crippen molar-refractivity contribution in [3.8, 4) is 0 Å². The van der Waals surface area contributed by atoms with Crippen molar-refractivity contribution >= 4 is 17.4 Å². The van der Waals surface area contributed by atoms with Gasteiger partial charge >= 0.3 is 12.2 Å². The average Bonchev–Trinajstić information content (AvgIpc) is 3.20. The number of halogens is 3. The van der Waals surface area contributed by atoms with E-state index in [2.05, 4.69) is 20.8 Å². The third-order valence-corrected chi connectivity index (χ3v) is 4.78. The van der Waals surface area contributed by atoms with Crippen molar-refractivity contribution in [3.63, 3.8) is 0 Å². The highest BCUT2D eigenvalue weighted by atomic mass is 19.4. The fourth-order valence-electron chi connectivity index (χ4n) is 3.10. The number of carbonyl (C=O) groups is 1. The summed E-state index contributed by atoms with van der Waals surface area (Å²) in [7, 11) is 0. The summed E-state index contributed by atoms with van der Waals surface area (Å²) in [6.07, 6.45) is -3.47. The highest BCUT2D eigenvalue weighted by Gasteiger charge is 2.32. The van der Waals surface area contributed by atoms with Gasteiger partial charge in [-0.2, -0.15) is 18.2 Å². The fraction of sp³-hybridized carbons (Fsp3) is 0.550. The van der Waals surface area contributed by atoms with Crippen molar-refractivity contribution in [2.45, 2.75) is 38.8 Å². The summed E-state index contributed by atoms with van der Waals surface area (Å²) in [5, 5.41) is 9.09. The van der Waals surface area contributed by atoms with Gasteiger partial charge in [0.2, 0.25) is 5.89 Å². The van der Waals surface area contributed by atoms with E-state index in [1.165, 1.54) is 6.07 Å². The lowest BCUT2D eigenvalue weighted by atomic mass is 10.1. The number of nitrogens with zero attached hydrogens (tertiary/aromatic N) is 3. The van der Waals surface area contributed by atoms with E-state index in [0.29, 0.717) is 63.1 Å². The first-order valence-corrected chi connectivity index (χ1v) is 10.2. The van der Waals surface area contributed by atoms with Crippen LogP contribution in [0.1, 0.15) is 43.5 Å². The van der Waals surface area contributed by atoms with Crippen LogP contribution in [0.5, 0.6) is 0 Å². The number of nitrogens with one attached hydrogen (secondary N) is 2. The van der Waals surface area contributed by atoms with Gasteiger partial charge in [-0.25, -0.2) is 4.79 Å². The van der Waals surface area contributed by atoms with Crippen LogP contribution in [-0.4, -0.2) is 49.0 Å². The molecule has 0 aliphatic carbocycles. The van der Waals surface area contributed by atoms with Gasteiger partial charge in [0.25, 0.3) is 0 Å². The summed E-state index contributed by atoms with van der Waals surface area (Å²) < 4.78 is 49.9. The lowest BCUT2D eigenvalue weighted by Crippen LogP contribution is -2.37. The van der Waals surface area contributed by atoms with Gasteiger partial charge in [-0.05, 0) is 24.6 Å². The zero-order valence-corrected chi connectivity index (χ0v) is 17.5. The third kappa shape index (κ3) is 6.33. The van der Waals surface area contributed by atoms with Gasteiger partial charge in [0.05, 0.1) is 30.2 Å². The normalized spacial score (nSPS) is 14.7. The molecule has 0 spiro atoms. The Morgan fingerprint density at radius 2 is 2.00 bits per heavy atom. The predicted octanol–water partition coefficient (Wildman–Crippen LogP) is 3.80. The predicted molar refractivity (Wildman–Crippen MR) is 108 cm³/mol. The van der Waals surface area contributed by atoms with Gasteiger partial charge in [-0.1, -0.05) is 19.0 Å². The second-order valence-electron chi connectivity index (χ2n) is 7.51. The van der Waals surface area contributed by atoms with Crippen molar-refractivity contribution in [1.29, 1.82) is 0 Å². The summed E-state index contributed by atoms with van der Waals surface area (Å²) in [4.78, 5) is 18.5. The molecule has 1 aliphatic heterocycles. The largest absolute Gasteiger partial charge is 0.416 e. The Bertz CT molecular complexity index is 879. The average molecular weight is 441 g/mol. The molecule has 3 rings (SSSR count). The lowest BCUT2D eigenvalue weighted by Gasteiger charge is -2.31. The first-order valence-electron chi connectivity index (χ1n) is 10.2. The molecule has 0 unspecified atom stereocenters. The van der Waals surface area contributed by atoms with Gasteiger partial charge in [0.15, 0.2) is 5.82 Å². The number of aryl methyl sites for hydroxylation is 1. The van der Waals surface area contributed by atoms with Gasteiger partial charge in [0, 0.05) is 32.0 Å². The molecule has 2 amide bonds. The number of benzene rings is 1. The van der Waals surface area contributed by atoms with E-state index >= 15 is 0 Å². The molecule has 1 fully saturated rings. The molecular weight excluding hydrogens is 415 g/mol. The molecule has 2 aromatic rings. The molecule has 11 heteroatoms. The van der Waals surface area contributed by atoms with E-state index in [1.807, 2.05) is 18.7 Å². The van der Waals surface area contributed by atoms with Gasteiger partial charge in [0.1, 0.15) is 0 Å². The van der Waals surface area contributed by atoms with E-state index < -0.39 is 17.8 Å². The van der Waals surface area contributed by atoms with Gasteiger partial charge < -0.3 is 24.8 Å². The van der Waals surface area contributed by atoms with E-state index in [9.17, 15) is 18.0 Å². The quantitative estimate of drug-likeness (QED) is 0.635. The Labute approximate surface area is 178 Å². The summed E-state index contributed by atoms with van der Waals surface area (Å²) in [5.74, 6) is 1.27. The number of carbonyl (C=O) groups excluding carboxylic acids is 1. The van der Waals surface area contributed by atoms with Crippen LogP contribution in [0.25, 0.3) is 0 Å². The zero-order chi connectivity index (χ0) is 22.4. The highest BCUT2D eigenvalue weighted by Crippen LogP contribution is 2.35. The Morgan fingerprint density at radius 1 is 1.26 bits per heavy atom. The van der Waals surface area contributed by atoms with Crippen LogP contribution in [0.4, 0.5) is 29.3 Å². The summed E-state index contributed by atoms with van der Waals surface area (Å²) in [6.45, 7) is 6.23. The monoisotopic (exact) mass is 441 g/mol. The van der Waals surface area contributed by atoms with Crippen LogP contribution in [0.15, 0.2) is 22.7 Å². The Balaban J connectivity index is 1.59. The third-order valence-electron chi connectivity index (χ3n) is 4.78. The zero-order valence-electron chi connectivity index (χ0n) is 17.5. The van der Waals surface area contributed by atoms with E-state index in [1.54, 1.807) is 0 Å². The maximum absolute atomic E-state index is 13.2. The van der Waals surface area contributed by atoms with E-state index in [4.69, 9.17) is 9.26 Å². The van der Waals surface area contributed by atoms with Crippen LogP contribution in [0.2, 0.25) is 0 Å². The summed E-state index contributed by atoms with van der Waals surface area (Å²) in [6, 6.07) is 2.77. The molecular formula is C20H26F3N5O3. The van der Waals surface area contributed by atoms with Crippen LogP contribution >= 0.6 is 0 Å². The Kier molecular flexibility index (Phi) is 7.37. The minimum Gasteiger partial charge on any atom is -0.378 e. The first-order chi connectivity index (χ1) is 14.7. The van der Waals surface area contributed by atoms with Crippen molar-refractivity contribution in [1.82, 2.24) is 15.5 Å². The second-order valence-corrected chi connectivity index (χ2v) is 7.51. The Morgan fingerprint density at radius 3 is 2.65 bits per heavy atom. The number of amides is 2. The number of hydrogen-bond donors (Lipinski definition) is 2. The molecule has 0 saturated carbocycles. The maximum Gasteiger partial charge on any atom is 0.416 e. The number of hydrogen-bond acceptors (Lipinski definition) is 6. The second kappa shape index (κ2) is 9.99. The molecule has 1 aliphatic rings. The molecule has 8 nitrogen and oxygen atoms in total. The van der Waals surface area contributed by atoms with E-state index in [-0.39, 0.29) is 11.6 Å². The van der Waals surface area contributed by atoms with Crippen LogP contribution in [0.3, 0.4) is 0 Å². The van der Waals surface area contributed by atoms with Gasteiger partial charge in [-0.15, -0.1) is 0 Å². The highest BCUT2D eigenvalue weighted by molar-refractivity contribution is 5.93. The van der Waals surface area contributed by atoms with Crippen molar-refractivity contribution < 1.29 is 27.2 Å². The molecule has 0 radical (unpaired) electrons. The van der Waals surface area contributed by atoms with Crippen LogP contribution < -0.4 is 15.5 Å². The molecule has 2 heterocycles. The van der Waals surface area contributed by atoms with Crippen LogP contribution in [0, 0.1) is 0 Å². The number of alkyl halides is 3. The number of urea groups is 1. The molecule has 1 saturated heterocycles. The molecule has 31 heavy (non-hydrogen) atoms. The summed E-state index contributed by atoms with van der Waals surface area (Å²) in [5.41, 5.74) is -0.191. The molecule has 0 atom stereocenters. The van der Waals surface area contributed by atoms with Crippen LogP contribution in [-0.2, 0) is 17.3 Å². The van der Waals surface area contributed by atoms with Crippen molar-refractivity contribution in [2.24, 2.45) is 0 Å². The standard InChI is InChI=1S/C20H26F3N5O3/c1-13(2)18-26-17(31-27-18)4-3-7-24-19(29)25-15-12-14(20(21,22)23)5-6-16(15)28-8-10-30-11-9-28/h5-6,12-13H,3-4,7-11H2,1-2H3,(H2,24,25,29). The Hall–Kier alpha value is -2.82. The minimum atomic E-state index is -4.50. The maximum atomic E-state index is 13.2. The topological polar surface area (TPSA) is 92.5 Å². The van der Waals surface area contributed by atoms with E-state index in [0.717, 1.165) is 12.1 Å². The molecule has 2 N–H and O–H groups in total. The molecule has 170 valence electrons. The first kappa shape index (κ1) is 22.9. The number of ether oxygens (including phenoxy) is 1. The van der Waals surface area contributed by atoms with Crippen molar-refractivity contribution in [2.75, 3.05) is 43.1 Å². The molecule has 1 aromatic carbocycles. The number of aromatic nitrogens is 2. The SMILES string of the molecule is CC(C)c1noc(CCCNC(=O)Nc2cc(C(F)(F)F)ccc2N2CCOCC2)n1. The van der Waals surface area contributed by atoms with Gasteiger partial charge in [-0.3, -0.25) is 0 Å². The summed E-state index contributed by atoms with van der Waals surface area (Å²) >= 11 is 0. The fourth-order valence-corrected chi connectivity index (χ4v) is 3.10. The lowest BCUT2D eigenvalue weighted by molar-refractivity contribution is -0.137. The molecule has 1 aromatic heterocycles. The minimum absolute atomic E-state index is 0.104. The number of morpholine rings is 1. The number of rotatable bonds is 7.